The number of carbonyl (C=O) groups excluding carboxylic acids is 5. The summed E-state index contributed by atoms with van der Waals surface area (Å²) in [6.45, 7) is 7.99. The SMILES string of the molecule is CN1C=CN(CCCNC(=O)C2=CC3=C(C(=O)NCCCn4cc[n+](C)c4)C4=CC5=C6C7(O)c8c(c(C(=O)NCCCN9C=CN(C)C9)cc9cc%10cc%11cc(C(=O)NCCCN%12C=CN(C)C%12)c%12c%13c%11c%11c%10c(c89)C6(O)[C@]46O[C@@]%116C3C%13(O)C2CC%12)CC(C(=O)NCCCN2C=CN(C)C2)C7C=C5)C1. The average Bonchev–Trinajstić information content (AvgIpc) is 1.38. The van der Waals surface area contributed by atoms with Crippen LogP contribution in [-0.2, 0) is 68.0 Å². The Balaban J connectivity index is 0.830. The summed E-state index contributed by atoms with van der Waals surface area (Å²) in [5.74, 6) is -5.85. The molecule has 0 radical (unpaired) electrons. The Morgan fingerprint density at radius 1 is 0.587 bits per heavy atom. The minimum absolute atomic E-state index is 0.0911. The monoisotopic (exact) mass is 1400 g/mol. The van der Waals surface area contributed by atoms with E-state index in [2.05, 4.69) is 72.0 Å². The smallest absolute Gasteiger partial charge is 0.251 e. The molecule has 19 rings (SSSR count). The van der Waals surface area contributed by atoms with Crippen LogP contribution in [0.2, 0.25) is 0 Å². The molecular formula is C80H90N15O9+. The average molecular weight is 1410 g/mol. The van der Waals surface area contributed by atoms with Crippen LogP contribution in [0.25, 0.3) is 32.3 Å². The fourth-order valence-electron chi connectivity index (χ4n) is 21.2. The zero-order valence-electron chi connectivity index (χ0n) is 59.6. The van der Waals surface area contributed by atoms with E-state index < -0.39 is 57.6 Å². The molecule has 24 nitrogen and oxygen atoms in total. The van der Waals surface area contributed by atoms with Gasteiger partial charge in [0, 0.05) is 205 Å². The fourth-order valence-corrected chi connectivity index (χ4v) is 21.2. The molecule has 14 aliphatic rings. The number of amides is 5. The van der Waals surface area contributed by atoms with Crippen LogP contribution in [0.5, 0.6) is 0 Å². The van der Waals surface area contributed by atoms with E-state index in [4.69, 9.17) is 4.74 Å². The normalized spacial score (nSPS) is 28.5. The van der Waals surface area contributed by atoms with E-state index in [1.165, 1.54) is 0 Å². The minimum atomic E-state index is -2.34. The van der Waals surface area contributed by atoms with Crippen molar-refractivity contribution in [3.05, 3.63) is 195 Å². The Hall–Kier alpha value is -9.88. The number of carbonyl (C=O) groups is 5. The van der Waals surface area contributed by atoms with Crippen LogP contribution < -0.4 is 31.2 Å². The van der Waals surface area contributed by atoms with Crippen LogP contribution in [0.1, 0.15) is 92.6 Å². The van der Waals surface area contributed by atoms with E-state index in [1.54, 1.807) is 0 Å². The van der Waals surface area contributed by atoms with Gasteiger partial charge in [-0.3, -0.25) is 24.0 Å². The van der Waals surface area contributed by atoms with Crippen LogP contribution >= 0.6 is 0 Å². The molecule has 4 aromatic carbocycles. The van der Waals surface area contributed by atoms with Crippen molar-refractivity contribution in [3.63, 3.8) is 0 Å². The Kier molecular flexibility index (Phi) is 14.6. The van der Waals surface area contributed by atoms with Crippen molar-refractivity contribution in [2.24, 2.45) is 30.7 Å². The number of aromatic nitrogens is 2. The summed E-state index contributed by atoms with van der Waals surface area (Å²) in [6, 6.07) is 7.88. The molecule has 8 N–H and O–H groups in total. The molecule has 1 saturated heterocycles. The molecule has 538 valence electrons. The second kappa shape index (κ2) is 23.3. The number of hydrogen-bond donors (Lipinski definition) is 8. The third-order valence-corrected chi connectivity index (χ3v) is 25.2. The molecule has 1 aromatic heterocycles. The minimum Gasteiger partial charge on any atom is -0.384 e. The maximum Gasteiger partial charge on any atom is 0.251 e. The lowest BCUT2D eigenvalue weighted by molar-refractivity contribution is -0.671. The number of ether oxygens (including phenoxy) is 1. The Labute approximate surface area is 603 Å². The van der Waals surface area contributed by atoms with Crippen molar-refractivity contribution in [3.8, 4) is 0 Å². The van der Waals surface area contributed by atoms with Gasteiger partial charge >= 0.3 is 0 Å². The lowest BCUT2D eigenvalue weighted by atomic mass is 9.39. The number of hydrogen-bond acceptors (Lipinski definition) is 17. The predicted molar refractivity (Wildman–Crippen MR) is 388 cm³/mol. The van der Waals surface area contributed by atoms with Crippen molar-refractivity contribution in [1.82, 2.24) is 70.4 Å². The fraction of sp³-hybridized carbons (Fsp3) is 0.450. The summed E-state index contributed by atoms with van der Waals surface area (Å²) in [5, 5.41) is 66.5. The van der Waals surface area contributed by atoms with E-state index in [9.17, 15) is 0 Å². The highest BCUT2D eigenvalue weighted by molar-refractivity contribution is 6.20. The molecule has 9 aliphatic carbocycles. The summed E-state index contributed by atoms with van der Waals surface area (Å²) >= 11 is 0. The van der Waals surface area contributed by atoms with Crippen molar-refractivity contribution in [2.45, 2.75) is 85.9 Å². The lowest BCUT2D eigenvalue weighted by Crippen LogP contribution is -2.68. The number of rotatable bonds is 25. The van der Waals surface area contributed by atoms with Crippen LogP contribution in [-0.4, -0.2) is 208 Å². The van der Waals surface area contributed by atoms with Gasteiger partial charge in [0.1, 0.15) is 29.2 Å². The van der Waals surface area contributed by atoms with E-state index in [0.29, 0.717) is 190 Å². The van der Waals surface area contributed by atoms with Gasteiger partial charge in [-0.15, -0.1) is 0 Å². The van der Waals surface area contributed by atoms with Gasteiger partial charge in [-0.05, 0) is 142 Å². The highest BCUT2D eigenvalue weighted by Crippen LogP contribution is 2.87. The Bertz CT molecular complexity index is 4980. The van der Waals surface area contributed by atoms with Gasteiger partial charge in [-0.2, -0.15) is 0 Å². The summed E-state index contributed by atoms with van der Waals surface area (Å²) < 4.78 is 12.0. The summed E-state index contributed by atoms with van der Waals surface area (Å²) in [4.78, 5) is 95.7. The molecular weight excluding hydrogens is 1310 g/mol. The van der Waals surface area contributed by atoms with Gasteiger partial charge in [0.15, 0.2) is 11.2 Å². The number of allylic oxidation sites excluding steroid dienone is 4. The summed E-state index contributed by atoms with van der Waals surface area (Å²) in [5.41, 5.74) is -4.47. The van der Waals surface area contributed by atoms with Crippen molar-refractivity contribution in [2.75, 3.05) is 114 Å². The first-order chi connectivity index (χ1) is 50.3. The van der Waals surface area contributed by atoms with Crippen molar-refractivity contribution in [1.29, 1.82) is 0 Å². The van der Waals surface area contributed by atoms with Gasteiger partial charge in [0.2, 0.25) is 18.1 Å². The standard InChI is InChI=1S/C80H89N15O9/c1-86-25-30-91(42-86)20-6-15-81-71(96)53-37-50-36-48-35-49-38-54(72(97)82-16-7-21-92-31-26-87(2)43-92)52-40-55(73(98)83-17-8-22-93-32-27-88(3)44-93)58-13-11-47-39-60-64(75(100)85-19-10-24-95-34-29-90(5)46-95)57-41-56(74(99)84-18-9-23-94-33-28-89(4)45-94)59-14-12-51(53)65-62(50)68-63(48)67-61(49)66(52)76(58,101)69(47)78(67,103)80(60)79(68,104-80)70(57)77(59,65)102/h11,13,25-39,41,46,55,58-59,70,101-103H,6-10,12,14-24,40,42-45H2,1-5H3,(H4-,81,82,83,84,85,96,97,98,99,100)/p+1/t55?,58?,59?,70?,76?,77?,78?,79-,80-/m1/s1. The molecule has 24 heteroatoms. The molecule has 1 fully saturated rings. The third-order valence-electron chi connectivity index (χ3n) is 25.2. The summed E-state index contributed by atoms with van der Waals surface area (Å²) in [6.07, 6.45) is 33.5. The largest absolute Gasteiger partial charge is 0.384 e. The Morgan fingerprint density at radius 3 is 1.66 bits per heavy atom. The van der Waals surface area contributed by atoms with Crippen molar-refractivity contribution < 1.29 is 48.6 Å². The van der Waals surface area contributed by atoms with Gasteiger partial charge in [-0.25, -0.2) is 9.13 Å². The molecule has 5 amide bonds. The number of aryl methyl sites for hydroxylation is 2. The van der Waals surface area contributed by atoms with Crippen LogP contribution in [0.15, 0.2) is 150 Å². The molecule has 104 heavy (non-hydrogen) atoms. The van der Waals surface area contributed by atoms with E-state index in [0.717, 1.165) is 33.2 Å². The van der Waals surface area contributed by atoms with Crippen LogP contribution in [0, 0.1) is 23.7 Å². The predicted octanol–water partition coefficient (Wildman–Crippen LogP) is 3.53. The van der Waals surface area contributed by atoms with Gasteiger partial charge < -0.3 is 85.8 Å². The van der Waals surface area contributed by atoms with E-state index in [1.807, 2.05) is 155 Å². The van der Waals surface area contributed by atoms with Crippen LogP contribution in [0.4, 0.5) is 0 Å². The number of aliphatic hydroxyl groups is 3. The lowest BCUT2D eigenvalue weighted by Gasteiger charge is -2.63. The quantitative estimate of drug-likeness (QED) is 0.0180. The molecule has 5 aliphatic heterocycles. The Morgan fingerprint density at radius 2 is 1.11 bits per heavy atom. The highest BCUT2D eigenvalue weighted by Gasteiger charge is 2.94. The number of nitrogens with one attached hydrogen (secondary N) is 5. The molecule has 2 spiro atoms. The van der Waals surface area contributed by atoms with Gasteiger partial charge in [0.05, 0.1) is 52.1 Å². The first-order valence-corrected chi connectivity index (χ1v) is 37.3. The molecule has 0 bridgehead atoms. The second-order valence-corrected chi connectivity index (χ2v) is 31.6. The number of benzene rings is 4. The molecule has 7 unspecified atom stereocenters. The first kappa shape index (κ1) is 64.9. The topological polar surface area (TPSA) is 253 Å². The number of epoxide rings is 1. The summed E-state index contributed by atoms with van der Waals surface area (Å²) in [7, 11) is 10.0. The zero-order chi connectivity index (χ0) is 71.3. The molecule has 0 saturated carbocycles. The van der Waals surface area contributed by atoms with Crippen molar-refractivity contribution >= 4 is 61.9 Å². The number of nitrogens with zero attached hydrogens (tertiary/aromatic N) is 10. The third kappa shape index (κ3) is 8.96. The van der Waals surface area contributed by atoms with E-state index >= 15 is 39.3 Å². The van der Waals surface area contributed by atoms with E-state index in [-0.39, 0.29) is 54.2 Å². The molecule has 6 heterocycles. The maximum atomic E-state index is 16.4. The highest BCUT2D eigenvalue weighted by atomic mass is 16.7. The molecule has 9 atom stereocenters. The first-order valence-electron chi connectivity index (χ1n) is 37.3. The maximum absolute atomic E-state index is 16.4. The molecule has 5 aromatic rings. The van der Waals surface area contributed by atoms with Gasteiger partial charge in [-0.1, -0.05) is 12.2 Å². The van der Waals surface area contributed by atoms with Gasteiger partial charge in [0.25, 0.3) is 17.7 Å². The zero-order valence-corrected chi connectivity index (χ0v) is 59.6. The van der Waals surface area contributed by atoms with Crippen LogP contribution in [0.3, 0.4) is 0 Å². The second-order valence-electron chi connectivity index (χ2n) is 31.6. The number of imidazole rings is 1.